The SMILES string of the molecule is C[Si]1(C)[CH2][Ge]([CH3])([CH3])[CH2]1. The van der Waals surface area contributed by atoms with Crippen LogP contribution in [0, 0.1) is 0 Å². The Bertz CT molecular complexity index is 85.1. The second kappa shape index (κ2) is 1.63. The predicted molar refractivity (Wildman–Crippen MR) is 44.6 cm³/mol. The molecule has 0 aromatic carbocycles. The molecule has 2 heteroatoms. The van der Waals surface area contributed by atoms with Crippen molar-refractivity contribution in [1.82, 2.24) is 0 Å². The van der Waals surface area contributed by atoms with E-state index in [-0.39, 0.29) is 0 Å². The third kappa shape index (κ3) is 1.38. The summed E-state index contributed by atoms with van der Waals surface area (Å²) in [6.45, 7) is 5.06. The van der Waals surface area contributed by atoms with Gasteiger partial charge in [0.15, 0.2) is 0 Å². The molecule has 0 radical (unpaired) electrons. The standard InChI is InChI=1S/C6H16GeSi/c1-7(2)5-8(3,4)6-7/h5-6H2,1-4H3. The molecule has 1 fully saturated rings. The van der Waals surface area contributed by atoms with Gasteiger partial charge in [-0.15, -0.1) is 0 Å². The fourth-order valence-corrected chi connectivity index (χ4v) is 39.6. The second-order valence-corrected chi connectivity index (χ2v) is 23.2. The van der Waals surface area contributed by atoms with Crippen molar-refractivity contribution in [2.24, 2.45) is 0 Å². The van der Waals surface area contributed by atoms with E-state index in [1.165, 1.54) is 0 Å². The second-order valence-electron chi connectivity index (χ2n) is 4.68. The van der Waals surface area contributed by atoms with Crippen LogP contribution in [-0.2, 0) is 0 Å². The van der Waals surface area contributed by atoms with Crippen molar-refractivity contribution in [2.45, 2.75) is 34.4 Å². The Morgan fingerprint density at radius 3 is 1.50 bits per heavy atom. The molecule has 0 aliphatic carbocycles. The number of hydrogen-bond donors (Lipinski definition) is 0. The van der Waals surface area contributed by atoms with Crippen molar-refractivity contribution in [3.05, 3.63) is 0 Å². The van der Waals surface area contributed by atoms with Gasteiger partial charge in [-0.25, -0.2) is 0 Å². The molecule has 0 atom stereocenters. The minimum atomic E-state index is -0.959. The Labute approximate surface area is 56.0 Å². The van der Waals surface area contributed by atoms with Gasteiger partial charge < -0.3 is 0 Å². The van der Waals surface area contributed by atoms with Crippen molar-refractivity contribution < 1.29 is 0 Å². The molecular weight excluding hydrogens is 173 g/mol. The van der Waals surface area contributed by atoms with Crippen LogP contribution >= 0.6 is 0 Å². The molecule has 0 unspecified atom stereocenters. The Hall–Kier alpha value is 0.760. The van der Waals surface area contributed by atoms with E-state index >= 15 is 0 Å². The topological polar surface area (TPSA) is 0 Å². The summed E-state index contributed by atoms with van der Waals surface area (Å²) in [5, 5.41) is 0. The van der Waals surface area contributed by atoms with Crippen LogP contribution in [0.4, 0.5) is 0 Å². The van der Waals surface area contributed by atoms with Crippen molar-refractivity contribution in [3.8, 4) is 0 Å². The van der Waals surface area contributed by atoms with Gasteiger partial charge >= 0.3 is 55.7 Å². The van der Waals surface area contributed by atoms with Crippen molar-refractivity contribution in [2.75, 3.05) is 0 Å². The molecule has 0 spiro atoms. The fraction of sp³-hybridized carbons (Fsp3) is 1.00. The summed E-state index contributed by atoms with van der Waals surface area (Å²) in [5.41, 5.74) is 0. The van der Waals surface area contributed by atoms with Crippen LogP contribution in [0.25, 0.3) is 0 Å². The zero-order chi connectivity index (χ0) is 6.41. The Kier molecular flexibility index (Phi) is 1.40. The van der Waals surface area contributed by atoms with Gasteiger partial charge in [0.2, 0.25) is 0 Å². The van der Waals surface area contributed by atoms with E-state index < -0.39 is 21.3 Å². The van der Waals surface area contributed by atoms with Crippen LogP contribution in [0.3, 0.4) is 0 Å². The molecule has 1 heterocycles. The van der Waals surface area contributed by atoms with Crippen LogP contribution < -0.4 is 0 Å². The van der Waals surface area contributed by atoms with Crippen molar-refractivity contribution >= 4 is 21.3 Å². The summed E-state index contributed by atoms with van der Waals surface area (Å²) in [6.07, 6.45) is 0. The van der Waals surface area contributed by atoms with Crippen molar-refractivity contribution in [3.63, 3.8) is 0 Å². The van der Waals surface area contributed by atoms with E-state index in [0.717, 1.165) is 0 Å². The first kappa shape index (κ1) is 6.87. The average Bonchev–Trinajstić information content (AvgIpc) is 1.20. The van der Waals surface area contributed by atoms with E-state index in [2.05, 4.69) is 24.6 Å². The first-order chi connectivity index (χ1) is 3.41. The molecule has 0 nitrogen and oxygen atoms in total. The molecule has 48 valence electrons. The van der Waals surface area contributed by atoms with Gasteiger partial charge in [-0.3, -0.25) is 0 Å². The summed E-state index contributed by atoms with van der Waals surface area (Å²) in [4.78, 5) is 3.46. The summed E-state index contributed by atoms with van der Waals surface area (Å²) >= 11 is -0.959. The molecule has 1 aliphatic heterocycles. The molecule has 0 aromatic heterocycles. The third-order valence-electron chi connectivity index (χ3n) is 1.91. The molecule has 0 saturated carbocycles. The normalized spacial score (nSPS) is 31.5. The predicted octanol–water partition coefficient (Wildman–Crippen LogP) is 2.50. The Balaban J connectivity index is 2.42. The van der Waals surface area contributed by atoms with E-state index in [0.29, 0.717) is 0 Å². The van der Waals surface area contributed by atoms with Gasteiger partial charge in [-0.2, -0.15) is 0 Å². The number of rotatable bonds is 0. The van der Waals surface area contributed by atoms with Gasteiger partial charge in [-0.1, -0.05) is 0 Å². The van der Waals surface area contributed by atoms with E-state index in [9.17, 15) is 0 Å². The molecular formula is C6H16GeSi. The maximum absolute atomic E-state index is 2.57. The van der Waals surface area contributed by atoms with Gasteiger partial charge in [0.1, 0.15) is 0 Å². The summed E-state index contributed by atoms with van der Waals surface area (Å²) in [6, 6.07) is 0. The molecule has 0 bridgehead atoms. The van der Waals surface area contributed by atoms with E-state index in [1.807, 2.05) is 0 Å². The van der Waals surface area contributed by atoms with E-state index in [1.54, 1.807) is 9.75 Å². The molecule has 1 rings (SSSR count). The minimum absolute atomic E-state index is 0.503. The first-order valence-electron chi connectivity index (χ1n) is 3.41. The van der Waals surface area contributed by atoms with Crippen LogP contribution in [0.1, 0.15) is 0 Å². The van der Waals surface area contributed by atoms with Crippen LogP contribution in [-0.4, -0.2) is 21.3 Å². The molecule has 8 heavy (non-hydrogen) atoms. The Morgan fingerprint density at radius 2 is 1.50 bits per heavy atom. The number of hydrogen-bond acceptors (Lipinski definition) is 0. The van der Waals surface area contributed by atoms with Gasteiger partial charge in [-0.05, 0) is 0 Å². The molecule has 1 saturated heterocycles. The average molecular weight is 189 g/mol. The fourth-order valence-electron chi connectivity index (χ4n) is 2.54. The Morgan fingerprint density at radius 1 is 1.12 bits per heavy atom. The monoisotopic (exact) mass is 190 g/mol. The quantitative estimate of drug-likeness (QED) is 0.513. The first-order valence-corrected chi connectivity index (χ1v) is 14.0. The van der Waals surface area contributed by atoms with E-state index in [4.69, 9.17) is 0 Å². The summed E-state index contributed by atoms with van der Waals surface area (Å²) in [7, 11) is -0.503. The summed E-state index contributed by atoms with van der Waals surface area (Å²) in [5.74, 6) is 5.14. The molecule has 0 amide bonds. The van der Waals surface area contributed by atoms with Gasteiger partial charge in [0.05, 0.1) is 0 Å². The van der Waals surface area contributed by atoms with Gasteiger partial charge in [0, 0.05) is 0 Å². The molecule has 0 N–H and O–H groups in total. The van der Waals surface area contributed by atoms with Crippen molar-refractivity contribution in [1.29, 1.82) is 0 Å². The maximum atomic E-state index is 2.57. The van der Waals surface area contributed by atoms with Crippen LogP contribution in [0.5, 0.6) is 0 Å². The van der Waals surface area contributed by atoms with Gasteiger partial charge in [0.25, 0.3) is 0 Å². The van der Waals surface area contributed by atoms with Crippen LogP contribution in [0.15, 0.2) is 0 Å². The third-order valence-corrected chi connectivity index (χ3v) is 29.8. The summed E-state index contributed by atoms with van der Waals surface area (Å²) < 4.78 is 0. The zero-order valence-corrected chi connectivity index (χ0v) is 9.51. The molecule has 0 aromatic rings. The zero-order valence-electron chi connectivity index (χ0n) is 6.41. The van der Waals surface area contributed by atoms with Crippen LogP contribution in [0.2, 0.25) is 34.4 Å². The molecule has 1 aliphatic rings.